The fourth-order valence-electron chi connectivity index (χ4n) is 3.28. The molecule has 0 unspecified atom stereocenters. The highest BCUT2D eigenvalue weighted by Crippen LogP contribution is 2.36. The maximum absolute atomic E-state index is 12.9. The summed E-state index contributed by atoms with van der Waals surface area (Å²) in [6, 6.07) is 14.3. The van der Waals surface area contributed by atoms with Gasteiger partial charge in [-0.1, -0.05) is 6.07 Å². The molecule has 4 aromatic rings. The molecule has 5 rings (SSSR count). The molecule has 0 aromatic carbocycles. The zero-order valence-corrected chi connectivity index (χ0v) is 32.8. The van der Waals surface area contributed by atoms with Gasteiger partial charge in [-0.25, -0.2) is 8.78 Å². The van der Waals surface area contributed by atoms with Gasteiger partial charge in [-0.3, -0.25) is 24.7 Å². The molecule has 1 aliphatic rings. The number of aliphatic hydroxyl groups is 1. The van der Waals surface area contributed by atoms with Gasteiger partial charge >= 0.3 is 7.12 Å². The minimum absolute atomic E-state index is 0.0125. The van der Waals surface area contributed by atoms with Gasteiger partial charge in [-0.2, -0.15) is 0 Å². The average molecular weight is 866 g/mol. The fourth-order valence-corrected chi connectivity index (χ4v) is 4.37. The lowest BCUT2D eigenvalue weighted by Crippen LogP contribution is -2.41. The Morgan fingerprint density at radius 2 is 1.12 bits per heavy atom. The first-order valence-corrected chi connectivity index (χ1v) is 17.2. The van der Waals surface area contributed by atoms with E-state index in [0.717, 1.165) is 13.4 Å². The van der Waals surface area contributed by atoms with E-state index in [4.69, 9.17) is 45.4 Å². The summed E-state index contributed by atoms with van der Waals surface area (Å²) >= 11 is 9.55. The summed E-state index contributed by atoms with van der Waals surface area (Å²) in [5, 5.41) is 8.63. The van der Waals surface area contributed by atoms with Crippen LogP contribution >= 0.6 is 47.8 Å². The van der Waals surface area contributed by atoms with Crippen molar-refractivity contribution >= 4 is 110 Å². The predicted molar refractivity (Wildman–Crippen MR) is 211 cm³/mol. The van der Waals surface area contributed by atoms with Crippen molar-refractivity contribution in [1.82, 2.24) is 19.9 Å². The maximum atomic E-state index is 12.9. The lowest BCUT2D eigenvalue weighted by Gasteiger charge is -2.32. The third kappa shape index (κ3) is 15.7. The van der Waals surface area contributed by atoms with Gasteiger partial charge in [0, 0.05) is 87.4 Å². The van der Waals surface area contributed by atoms with E-state index in [9.17, 15) is 13.6 Å². The minimum atomic E-state index is -0.611. The number of aromatic nitrogens is 4. The second-order valence-electron chi connectivity index (χ2n) is 11.1. The number of aldehydes is 1. The van der Waals surface area contributed by atoms with Crippen LogP contribution < -0.4 is 5.46 Å². The monoisotopic (exact) mass is 864 g/mol. The smallest absolute Gasteiger partial charge is 0.399 e. The molecule has 4 aromatic heterocycles. The van der Waals surface area contributed by atoms with Crippen molar-refractivity contribution in [2.24, 2.45) is 0 Å². The number of hydrogen-bond donors (Lipinski definition) is 1. The highest BCUT2D eigenvalue weighted by Gasteiger charge is 2.52. The Hall–Kier alpha value is -2.10. The topological polar surface area (TPSA) is 107 Å². The van der Waals surface area contributed by atoms with Gasteiger partial charge in [-0.05, 0) is 118 Å². The summed E-state index contributed by atoms with van der Waals surface area (Å²) in [6.07, 6.45) is 5.90. The van der Waals surface area contributed by atoms with Crippen molar-refractivity contribution in [3.8, 4) is 0 Å². The van der Waals surface area contributed by atoms with Crippen LogP contribution in [0.3, 0.4) is 0 Å². The van der Waals surface area contributed by atoms with Crippen molar-refractivity contribution in [3.63, 3.8) is 0 Å². The molecule has 1 fully saturated rings. The van der Waals surface area contributed by atoms with Crippen molar-refractivity contribution in [2.45, 2.75) is 58.9 Å². The molecule has 1 N–H and O–H groups in total. The molecular formula is C30H32B7Br3F2N4O4. The van der Waals surface area contributed by atoms with Crippen LogP contribution in [-0.2, 0) is 29.3 Å². The molecule has 0 atom stereocenters. The second-order valence-corrected chi connectivity index (χ2v) is 13.6. The molecule has 252 valence electrons. The number of halogens is 5. The van der Waals surface area contributed by atoms with Gasteiger partial charge in [-0.15, -0.1) is 0 Å². The summed E-state index contributed by atoms with van der Waals surface area (Å²) in [5.74, 6) is 0. The third-order valence-corrected chi connectivity index (χ3v) is 8.96. The molecule has 0 bridgehead atoms. The number of pyridine rings is 4. The second kappa shape index (κ2) is 23.5. The zero-order valence-electron chi connectivity index (χ0n) is 28.0. The number of nitrogens with zero attached hydrogens (tertiary/aromatic N) is 4. The van der Waals surface area contributed by atoms with Crippen LogP contribution in [0.1, 0.15) is 55.3 Å². The highest BCUT2D eigenvalue weighted by atomic mass is 79.9. The number of rotatable bonds is 6. The molecule has 0 amide bonds. The Bertz CT molecular complexity index is 1540. The Kier molecular flexibility index (Phi) is 21.6. The molecule has 50 heavy (non-hydrogen) atoms. The molecule has 1 aliphatic heterocycles. The molecule has 8 nitrogen and oxygen atoms in total. The van der Waals surface area contributed by atoms with Crippen molar-refractivity contribution < 1.29 is 28.0 Å². The van der Waals surface area contributed by atoms with E-state index in [1.807, 2.05) is 39.8 Å². The fraction of sp³-hybridized carbons (Fsp3) is 0.300. The Morgan fingerprint density at radius 1 is 0.720 bits per heavy atom. The van der Waals surface area contributed by atoms with Gasteiger partial charge in [0.25, 0.3) is 0 Å². The molecule has 8 radical (unpaired) electrons. The first-order valence-electron chi connectivity index (χ1n) is 14.8. The molecular weight excluding hydrogens is 834 g/mol. The standard InChI is InChI=1S/C12H17BFNO2.C6H5BrFN.C6H6BrNO.C6H4BrNO.B6/c1-11(2)12(3,4)17-13(16-11)9-6-5-7-15-10(9)8-14;7-5-2-1-3-9-6(5)4-8;2*7-5-2-1-3-8-6(5)4-9;1-5(2)6(3)4/h5-7H,8H2,1-4H3;1-3H,4H2;1-3,9H,4H2;1-4H;. The van der Waals surface area contributed by atoms with E-state index in [1.54, 1.807) is 61.2 Å². The van der Waals surface area contributed by atoms with Crippen molar-refractivity contribution in [1.29, 1.82) is 0 Å². The summed E-state index contributed by atoms with van der Waals surface area (Å²) in [6.45, 7) is 6.75. The van der Waals surface area contributed by atoms with E-state index in [-0.39, 0.29) is 6.61 Å². The van der Waals surface area contributed by atoms with Gasteiger partial charge < -0.3 is 14.4 Å². The first kappa shape index (κ1) is 45.9. The average Bonchev–Trinajstić information content (AvgIpc) is 3.32. The summed E-state index contributed by atoms with van der Waals surface area (Å²) < 4.78 is 38.8. The van der Waals surface area contributed by atoms with Crippen LogP contribution in [0.4, 0.5) is 8.78 Å². The van der Waals surface area contributed by atoms with Crippen LogP contribution in [0.2, 0.25) is 0 Å². The third-order valence-electron chi connectivity index (χ3n) is 6.85. The number of carbonyl (C=O) groups excluding carboxylic acids is 1. The number of carbonyl (C=O) groups is 1. The van der Waals surface area contributed by atoms with Crippen LogP contribution in [0, 0.1) is 0 Å². The number of alkyl halides is 2. The van der Waals surface area contributed by atoms with E-state index < -0.39 is 44.4 Å². The van der Waals surface area contributed by atoms with E-state index in [0.29, 0.717) is 34.5 Å². The molecule has 0 spiro atoms. The van der Waals surface area contributed by atoms with Gasteiger partial charge in [0.05, 0.1) is 34.9 Å². The van der Waals surface area contributed by atoms with Crippen LogP contribution in [0.25, 0.3) is 0 Å². The van der Waals surface area contributed by atoms with E-state index in [1.165, 1.54) is 0 Å². The summed E-state index contributed by atoms with van der Waals surface area (Å²) in [7, 11) is 19.3. The van der Waals surface area contributed by atoms with Gasteiger partial charge in [0.1, 0.15) is 19.0 Å². The summed E-state index contributed by atoms with van der Waals surface area (Å²) in [5.41, 5.74) is 1.80. The van der Waals surface area contributed by atoms with Crippen molar-refractivity contribution in [2.75, 3.05) is 0 Å². The predicted octanol–water partition coefficient (Wildman–Crippen LogP) is 4.87. The Balaban J connectivity index is 0.000000329. The van der Waals surface area contributed by atoms with Gasteiger partial charge in [0.2, 0.25) is 0 Å². The molecule has 0 saturated carbocycles. The maximum Gasteiger partial charge on any atom is 0.496 e. The molecule has 5 heterocycles. The Labute approximate surface area is 324 Å². The number of aliphatic hydroxyl groups excluding tert-OH is 1. The molecule has 1 saturated heterocycles. The van der Waals surface area contributed by atoms with Crippen LogP contribution in [-0.4, -0.2) is 93.4 Å². The lowest BCUT2D eigenvalue weighted by molar-refractivity contribution is 0.00578. The lowest BCUT2D eigenvalue weighted by atomic mass is 8.81. The van der Waals surface area contributed by atoms with Crippen molar-refractivity contribution in [3.05, 3.63) is 110 Å². The zero-order chi connectivity index (χ0) is 37.9. The summed E-state index contributed by atoms with van der Waals surface area (Å²) in [4.78, 5) is 25.6. The number of hydrogen-bond acceptors (Lipinski definition) is 8. The quantitative estimate of drug-likeness (QED) is 0.216. The Morgan fingerprint density at radius 3 is 1.44 bits per heavy atom. The van der Waals surface area contributed by atoms with Crippen LogP contribution in [0.15, 0.2) is 86.7 Å². The van der Waals surface area contributed by atoms with E-state index >= 15 is 0 Å². The largest absolute Gasteiger partial charge is 0.496 e. The molecule has 0 aliphatic carbocycles. The first-order chi connectivity index (χ1) is 23.5. The minimum Gasteiger partial charge on any atom is -0.399 e. The van der Waals surface area contributed by atoms with Crippen LogP contribution in [0.5, 0.6) is 0 Å². The molecule has 20 heteroatoms. The SMILES string of the molecule is CC1(C)OB(c2cccnc2CF)OC1(C)C.FCc1ncccc1Br.O=Cc1ncccc1Br.OCc1ncccc1Br.[B]B([B])B([B])[B]. The normalized spacial score (nSPS) is 13.4. The van der Waals surface area contributed by atoms with E-state index in [2.05, 4.69) is 67.7 Å². The van der Waals surface area contributed by atoms with Gasteiger partial charge in [0.15, 0.2) is 6.29 Å². The highest BCUT2D eigenvalue weighted by molar-refractivity contribution is 9.11.